The molecule has 0 bridgehead atoms. The maximum absolute atomic E-state index is 12.4. The number of anilines is 1. The summed E-state index contributed by atoms with van der Waals surface area (Å²) in [7, 11) is 0. The second-order valence-corrected chi connectivity index (χ2v) is 9.29. The third-order valence-corrected chi connectivity index (χ3v) is 6.83. The number of Topliss-reactive ketones (excluding diaryl/α,β-unsaturated/α-hetero) is 1. The minimum absolute atomic E-state index is 0.0837. The first-order valence-corrected chi connectivity index (χ1v) is 11.3. The smallest absolute Gasteiger partial charge is 0.230 e. The van der Waals surface area contributed by atoms with Crippen LogP contribution in [0.25, 0.3) is 0 Å². The molecule has 27 heavy (non-hydrogen) atoms. The van der Waals surface area contributed by atoms with Crippen LogP contribution in [0.4, 0.5) is 5.69 Å². The van der Waals surface area contributed by atoms with Crippen molar-refractivity contribution in [3.63, 3.8) is 0 Å². The SMILES string of the molecule is CC(C)c1ccccc1NC(=O)Cc1csc(SCC(=O)c2cccs2)n1. The molecule has 0 fully saturated rings. The van der Waals surface area contributed by atoms with Crippen LogP contribution in [0.15, 0.2) is 51.5 Å². The van der Waals surface area contributed by atoms with Crippen molar-refractivity contribution >= 4 is 51.8 Å². The van der Waals surface area contributed by atoms with Crippen LogP contribution in [0.1, 0.15) is 40.7 Å². The highest BCUT2D eigenvalue weighted by molar-refractivity contribution is 8.01. The molecule has 7 heteroatoms. The van der Waals surface area contributed by atoms with Crippen molar-refractivity contribution in [1.29, 1.82) is 0 Å². The molecule has 3 rings (SSSR count). The Hall–Kier alpha value is -1.96. The predicted octanol–water partition coefficient (Wildman–Crippen LogP) is 5.48. The summed E-state index contributed by atoms with van der Waals surface area (Å²) < 4.78 is 0.810. The Bertz CT molecular complexity index is 917. The summed E-state index contributed by atoms with van der Waals surface area (Å²) in [6, 6.07) is 11.6. The van der Waals surface area contributed by atoms with Crippen molar-refractivity contribution in [2.45, 2.75) is 30.5 Å². The molecule has 0 unspecified atom stereocenters. The van der Waals surface area contributed by atoms with Gasteiger partial charge in [-0.05, 0) is 29.0 Å². The molecular formula is C20H20N2O2S3. The van der Waals surface area contributed by atoms with E-state index in [0.717, 1.165) is 26.2 Å². The molecule has 140 valence electrons. The van der Waals surface area contributed by atoms with Crippen molar-refractivity contribution in [3.8, 4) is 0 Å². The molecule has 1 amide bonds. The van der Waals surface area contributed by atoms with E-state index in [9.17, 15) is 9.59 Å². The number of nitrogens with zero attached hydrogens (tertiary/aromatic N) is 1. The number of hydrogen-bond donors (Lipinski definition) is 1. The molecule has 0 aliphatic heterocycles. The van der Waals surface area contributed by atoms with Gasteiger partial charge in [-0.2, -0.15) is 0 Å². The molecular weight excluding hydrogens is 396 g/mol. The summed E-state index contributed by atoms with van der Waals surface area (Å²) in [4.78, 5) is 29.7. The first kappa shape index (κ1) is 19.8. The molecule has 0 saturated heterocycles. The molecule has 0 atom stereocenters. The van der Waals surface area contributed by atoms with Crippen LogP contribution in [0, 0.1) is 0 Å². The zero-order valence-electron chi connectivity index (χ0n) is 15.1. The van der Waals surface area contributed by atoms with Gasteiger partial charge in [-0.3, -0.25) is 9.59 Å². The van der Waals surface area contributed by atoms with Gasteiger partial charge in [-0.25, -0.2) is 4.98 Å². The van der Waals surface area contributed by atoms with E-state index in [1.54, 1.807) is 0 Å². The lowest BCUT2D eigenvalue weighted by atomic mass is 10.0. The lowest BCUT2D eigenvalue weighted by Crippen LogP contribution is -2.16. The zero-order valence-corrected chi connectivity index (χ0v) is 17.5. The van der Waals surface area contributed by atoms with Gasteiger partial charge in [0.2, 0.25) is 5.91 Å². The number of carbonyl (C=O) groups is 2. The van der Waals surface area contributed by atoms with E-state index in [4.69, 9.17) is 0 Å². The molecule has 0 saturated carbocycles. The molecule has 0 spiro atoms. The summed E-state index contributed by atoms with van der Waals surface area (Å²) in [6.07, 6.45) is 0.225. The topological polar surface area (TPSA) is 59.1 Å². The zero-order chi connectivity index (χ0) is 19.2. The quantitative estimate of drug-likeness (QED) is 0.390. The van der Waals surface area contributed by atoms with Gasteiger partial charge >= 0.3 is 0 Å². The molecule has 2 heterocycles. The molecule has 1 aromatic carbocycles. The summed E-state index contributed by atoms with van der Waals surface area (Å²) in [6.45, 7) is 4.21. The van der Waals surface area contributed by atoms with Crippen LogP contribution >= 0.6 is 34.4 Å². The number of nitrogens with one attached hydrogen (secondary N) is 1. The minimum Gasteiger partial charge on any atom is -0.325 e. The van der Waals surface area contributed by atoms with Gasteiger partial charge in [-0.15, -0.1) is 22.7 Å². The normalized spacial score (nSPS) is 10.9. The van der Waals surface area contributed by atoms with Gasteiger partial charge in [0.25, 0.3) is 0 Å². The monoisotopic (exact) mass is 416 g/mol. The molecule has 3 aromatic rings. The van der Waals surface area contributed by atoms with Gasteiger partial charge < -0.3 is 5.32 Å². The third kappa shape index (κ3) is 5.51. The Kier molecular flexibility index (Phi) is 6.82. The van der Waals surface area contributed by atoms with Crippen LogP contribution < -0.4 is 5.32 Å². The van der Waals surface area contributed by atoms with Crippen molar-refractivity contribution in [3.05, 3.63) is 63.3 Å². The fraction of sp³-hybridized carbons (Fsp3) is 0.250. The van der Waals surface area contributed by atoms with E-state index in [2.05, 4.69) is 24.1 Å². The van der Waals surface area contributed by atoms with Crippen LogP contribution in [0.5, 0.6) is 0 Å². The second-order valence-electron chi connectivity index (χ2n) is 6.26. The number of thiazole rings is 1. The molecule has 0 aliphatic carbocycles. The van der Waals surface area contributed by atoms with Gasteiger partial charge in [0.1, 0.15) is 0 Å². The average molecular weight is 417 g/mol. The highest BCUT2D eigenvalue weighted by Gasteiger charge is 2.13. The lowest BCUT2D eigenvalue weighted by molar-refractivity contribution is -0.115. The number of amides is 1. The van der Waals surface area contributed by atoms with Crippen LogP contribution in [0.2, 0.25) is 0 Å². The van der Waals surface area contributed by atoms with Crippen molar-refractivity contribution in [2.24, 2.45) is 0 Å². The summed E-state index contributed by atoms with van der Waals surface area (Å²) in [5, 5.41) is 6.76. The van der Waals surface area contributed by atoms with E-state index in [1.807, 2.05) is 47.2 Å². The van der Waals surface area contributed by atoms with Crippen molar-refractivity contribution in [2.75, 3.05) is 11.1 Å². The number of aromatic nitrogens is 1. The first-order valence-electron chi connectivity index (χ1n) is 8.55. The highest BCUT2D eigenvalue weighted by atomic mass is 32.2. The Morgan fingerprint density at radius 3 is 2.70 bits per heavy atom. The van der Waals surface area contributed by atoms with Crippen LogP contribution in [-0.2, 0) is 11.2 Å². The minimum atomic E-state index is -0.0837. The fourth-order valence-corrected chi connectivity index (χ4v) is 5.03. The van der Waals surface area contributed by atoms with Crippen LogP contribution in [-0.4, -0.2) is 22.4 Å². The van der Waals surface area contributed by atoms with Gasteiger partial charge in [0.05, 0.1) is 22.7 Å². The van der Waals surface area contributed by atoms with E-state index in [1.165, 1.54) is 34.4 Å². The Morgan fingerprint density at radius 2 is 1.96 bits per heavy atom. The largest absolute Gasteiger partial charge is 0.325 e. The number of hydrogen-bond acceptors (Lipinski definition) is 6. The van der Waals surface area contributed by atoms with Gasteiger partial charge in [0.15, 0.2) is 10.1 Å². The summed E-state index contributed by atoms with van der Waals surface area (Å²) >= 11 is 4.34. The molecule has 4 nitrogen and oxygen atoms in total. The van der Waals surface area contributed by atoms with Crippen LogP contribution in [0.3, 0.4) is 0 Å². The summed E-state index contributed by atoms with van der Waals surface area (Å²) in [5.74, 6) is 0.723. The Morgan fingerprint density at radius 1 is 1.15 bits per heavy atom. The van der Waals surface area contributed by atoms with E-state index in [-0.39, 0.29) is 18.1 Å². The predicted molar refractivity (Wildman–Crippen MR) is 114 cm³/mol. The van der Waals surface area contributed by atoms with E-state index in [0.29, 0.717) is 11.7 Å². The number of carbonyl (C=O) groups excluding carboxylic acids is 2. The number of benzene rings is 1. The number of ketones is 1. The maximum atomic E-state index is 12.4. The fourth-order valence-electron chi connectivity index (χ4n) is 2.54. The Balaban J connectivity index is 1.54. The average Bonchev–Trinajstić information content (AvgIpc) is 3.32. The lowest BCUT2D eigenvalue weighted by Gasteiger charge is -2.13. The number of thioether (sulfide) groups is 1. The van der Waals surface area contributed by atoms with Crippen molar-refractivity contribution in [1.82, 2.24) is 4.98 Å². The molecule has 0 aliphatic rings. The standard InChI is InChI=1S/C20H20N2O2S3/c1-13(2)15-6-3-4-7-16(15)22-19(24)10-14-11-26-20(21-14)27-12-17(23)18-8-5-9-25-18/h3-9,11,13H,10,12H2,1-2H3,(H,22,24). The molecule has 0 radical (unpaired) electrons. The number of rotatable bonds is 8. The number of para-hydroxylation sites is 1. The molecule has 2 aromatic heterocycles. The second kappa shape index (κ2) is 9.30. The highest BCUT2D eigenvalue weighted by Crippen LogP contribution is 2.26. The van der Waals surface area contributed by atoms with Gasteiger partial charge in [0, 0.05) is 11.1 Å². The molecule has 1 N–H and O–H groups in total. The van der Waals surface area contributed by atoms with Crippen molar-refractivity contribution < 1.29 is 9.59 Å². The first-order chi connectivity index (χ1) is 13.0. The summed E-state index contributed by atoms with van der Waals surface area (Å²) in [5.41, 5.74) is 2.70. The van der Waals surface area contributed by atoms with Gasteiger partial charge in [-0.1, -0.05) is 49.9 Å². The third-order valence-electron chi connectivity index (χ3n) is 3.85. The maximum Gasteiger partial charge on any atom is 0.230 e. The van der Waals surface area contributed by atoms with E-state index < -0.39 is 0 Å². The number of thiophene rings is 1. The Labute approximate surface area is 171 Å². The van der Waals surface area contributed by atoms with E-state index >= 15 is 0 Å².